The van der Waals surface area contributed by atoms with Gasteiger partial charge < -0.3 is 14.8 Å². The summed E-state index contributed by atoms with van der Waals surface area (Å²) in [5.74, 6) is 1.39. The van der Waals surface area contributed by atoms with Crippen molar-refractivity contribution in [1.29, 1.82) is 0 Å². The van der Waals surface area contributed by atoms with Gasteiger partial charge in [-0.2, -0.15) is 0 Å². The summed E-state index contributed by atoms with van der Waals surface area (Å²) in [5, 5.41) is 2.92. The van der Waals surface area contributed by atoms with Crippen molar-refractivity contribution in [3.05, 3.63) is 23.8 Å². The molecule has 4 nitrogen and oxygen atoms in total. The first-order valence-corrected chi connectivity index (χ1v) is 7.40. The second-order valence-electron chi connectivity index (χ2n) is 5.85. The lowest BCUT2D eigenvalue weighted by Gasteiger charge is -2.09. The molecule has 1 fully saturated rings. The van der Waals surface area contributed by atoms with Gasteiger partial charge in [0.25, 0.3) is 5.91 Å². The summed E-state index contributed by atoms with van der Waals surface area (Å²) in [7, 11) is 0. The minimum absolute atomic E-state index is 0.0461. The van der Waals surface area contributed by atoms with Gasteiger partial charge in [0.1, 0.15) is 0 Å². The van der Waals surface area contributed by atoms with Gasteiger partial charge in [0, 0.05) is 17.5 Å². The van der Waals surface area contributed by atoms with E-state index in [2.05, 4.69) is 12.2 Å². The third-order valence-electron chi connectivity index (χ3n) is 4.05. The van der Waals surface area contributed by atoms with Crippen LogP contribution in [-0.4, -0.2) is 25.7 Å². The van der Waals surface area contributed by atoms with Crippen LogP contribution in [0.3, 0.4) is 0 Å². The Balaban J connectivity index is 1.69. The van der Waals surface area contributed by atoms with Crippen LogP contribution in [-0.2, 0) is 0 Å². The fraction of sp³-hybridized carbons (Fsp3) is 0.562. The van der Waals surface area contributed by atoms with Crippen molar-refractivity contribution in [1.82, 2.24) is 5.32 Å². The predicted molar refractivity (Wildman–Crippen MR) is 76.3 cm³/mol. The quantitative estimate of drug-likeness (QED) is 0.860. The number of nitrogens with one attached hydrogen (secondary N) is 1. The molecule has 1 N–H and O–H groups in total. The summed E-state index contributed by atoms with van der Waals surface area (Å²) in [6, 6.07) is 5.43. The van der Waals surface area contributed by atoms with E-state index >= 15 is 0 Å². The fourth-order valence-electron chi connectivity index (χ4n) is 2.33. The number of hydrogen-bond acceptors (Lipinski definition) is 3. The smallest absolute Gasteiger partial charge is 0.251 e. The molecule has 1 aliphatic carbocycles. The number of amides is 1. The molecule has 0 atom stereocenters. The summed E-state index contributed by atoms with van der Waals surface area (Å²) in [6.45, 7) is 4.24. The maximum atomic E-state index is 12.0. The van der Waals surface area contributed by atoms with Crippen molar-refractivity contribution >= 4 is 5.91 Å². The van der Waals surface area contributed by atoms with Crippen LogP contribution >= 0.6 is 0 Å². The topological polar surface area (TPSA) is 47.6 Å². The molecule has 4 heteroatoms. The average molecular weight is 275 g/mol. The Morgan fingerprint density at radius 3 is 2.70 bits per heavy atom. The van der Waals surface area contributed by atoms with Crippen molar-refractivity contribution in [2.24, 2.45) is 5.41 Å². The standard InChI is InChI=1S/C16H21NO3/c1-2-3-8-17-15(18)12-4-5-13-14(9-12)20-11-16(6-7-16)10-19-13/h4-5,9H,2-3,6-8,10-11H2,1H3,(H,17,18). The normalized spacial score (nSPS) is 18.4. The second kappa shape index (κ2) is 5.35. The number of benzene rings is 1. The molecule has 20 heavy (non-hydrogen) atoms. The molecular formula is C16H21NO3. The van der Waals surface area contributed by atoms with Gasteiger partial charge >= 0.3 is 0 Å². The molecule has 108 valence electrons. The van der Waals surface area contributed by atoms with Crippen molar-refractivity contribution in [3.63, 3.8) is 0 Å². The van der Waals surface area contributed by atoms with Gasteiger partial charge in [0.2, 0.25) is 0 Å². The van der Waals surface area contributed by atoms with Crippen LogP contribution in [0.4, 0.5) is 0 Å². The van der Waals surface area contributed by atoms with Crippen LogP contribution in [0.15, 0.2) is 18.2 Å². The Bertz CT molecular complexity index is 508. The number of rotatable bonds is 4. The lowest BCUT2D eigenvalue weighted by molar-refractivity contribution is 0.0952. The Labute approximate surface area is 119 Å². The van der Waals surface area contributed by atoms with Crippen LogP contribution < -0.4 is 14.8 Å². The van der Waals surface area contributed by atoms with Gasteiger partial charge in [-0.25, -0.2) is 0 Å². The van der Waals surface area contributed by atoms with Crippen molar-refractivity contribution in [3.8, 4) is 11.5 Å². The molecule has 1 aromatic rings. The molecule has 0 bridgehead atoms. The van der Waals surface area contributed by atoms with E-state index in [1.807, 2.05) is 6.07 Å². The fourth-order valence-corrected chi connectivity index (χ4v) is 2.33. The van der Waals surface area contributed by atoms with Crippen LogP contribution in [0.2, 0.25) is 0 Å². The van der Waals surface area contributed by atoms with Crippen LogP contribution in [0.1, 0.15) is 43.0 Å². The first-order valence-electron chi connectivity index (χ1n) is 7.40. The Hall–Kier alpha value is -1.71. The Kier molecular flexibility index (Phi) is 3.55. The van der Waals surface area contributed by atoms with E-state index in [0.29, 0.717) is 24.5 Å². The first-order chi connectivity index (χ1) is 9.72. The third kappa shape index (κ3) is 2.74. The van der Waals surface area contributed by atoms with E-state index in [4.69, 9.17) is 9.47 Å². The van der Waals surface area contributed by atoms with E-state index in [9.17, 15) is 4.79 Å². The summed E-state index contributed by atoms with van der Waals surface area (Å²) < 4.78 is 11.6. The van der Waals surface area contributed by atoms with Gasteiger partial charge in [0.15, 0.2) is 11.5 Å². The average Bonchev–Trinajstić information content (AvgIpc) is 3.26. The molecule has 1 aliphatic heterocycles. The number of ether oxygens (including phenoxy) is 2. The molecule has 0 unspecified atom stereocenters. The van der Waals surface area contributed by atoms with Gasteiger partial charge in [-0.3, -0.25) is 4.79 Å². The predicted octanol–water partition coefficient (Wildman–Crippen LogP) is 2.77. The lowest BCUT2D eigenvalue weighted by atomic mass is 10.1. The summed E-state index contributed by atoms with van der Waals surface area (Å²) in [5.41, 5.74) is 0.859. The minimum Gasteiger partial charge on any atom is -0.489 e. The highest BCUT2D eigenvalue weighted by Crippen LogP contribution is 2.49. The molecule has 2 aliphatic rings. The maximum Gasteiger partial charge on any atom is 0.251 e. The van der Waals surface area contributed by atoms with Crippen LogP contribution in [0.25, 0.3) is 0 Å². The highest BCUT2D eigenvalue weighted by Gasteiger charge is 2.46. The van der Waals surface area contributed by atoms with E-state index in [1.54, 1.807) is 12.1 Å². The van der Waals surface area contributed by atoms with E-state index in [0.717, 1.165) is 25.2 Å². The third-order valence-corrected chi connectivity index (χ3v) is 4.05. The molecule has 0 saturated heterocycles. The minimum atomic E-state index is -0.0461. The number of carbonyl (C=O) groups is 1. The zero-order valence-electron chi connectivity index (χ0n) is 11.9. The zero-order chi connectivity index (χ0) is 14.0. The molecule has 1 aromatic carbocycles. The van der Waals surface area contributed by atoms with E-state index in [-0.39, 0.29) is 11.3 Å². The van der Waals surface area contributed by atoms with E-state index in [1.165, 1.54) is 12.8 Å². The van der Waals surface area contributed by atoms with Crippen LogP contribution in [0.5, 0.6) is 11.5 Å². The molecule has 1 amide bonds. The van der Waals surface area contributed by atoms with Crippen molar-refractivity contribution in [2.75, 3.05) is 19.8 Å². The SMILES string of the molecule is CCCCNC(=O)c1ccc2c(c1)OCC1(CC1)CO2. The number of hydrogen-bond donors (Lipinski definition) is 1. The largest absolute Gasteiger partial charge is 0.489 e. The van der Waals surface area contributed by atoms with Gasteiger partial charge in [-0.1, -0.05) is 13.3 Å². The summed E-state index contributed by atoms with van der Waals surface area (Å²) in [6.07, 6.45) is 4.42. The molecule has 0 aromatic heterocycles. The molecule has 1 spiro atoms. The highest BCUT2D eigenvalue weighted by atomic mass is 16.5. The first kappa shape index (κ1) is 13.3. The number of carbonyl (C=O) groups excluding carboxylic acids is 1. The van der Waals surface area contributed by atoms with Crippen molar-refractivity contribution in [2.45, 2.75) is 32.6 Å². The maximum absolute atomic E-state index is 12.0. The lowest BCUT2D eigenvalue weighted by Crippen LogP contribution is -2.24. The van der Waals surface area contributed by atoms with Gasteiger partial charge in [-0.05, 0) is 37.5 Å². The molecule has 1 saturated carbocycles. The van der Waals surface area contributed by atoms with Crippen LogP contribution in [0, 0.1) is 5.41 Å². The summed E-state index contributed by atoms with van der Waals surface area (Å²) in [4.78, 5) is 12.0. The highest BCUT2D eigenvalue weighted by molar-refractivity contribution is 5.94. The van der Waals surface area contributed by atoms with Gasteiger partial charge in [0.05, 0.1) is 13.2 Å². The van der Waals surface area contributed by atoms with Gasteiger partial charge in [-0.15, -0.1) is 0 Å². The zero-order valence-corrected chi connectivity index (χ0v) is 11.9. The molecular weight excluding hydrogens is 254 g/mol. The molecule has 0 radical (unpaired) electrons. The van der Waals surface area contributed by atoms with Crippen molar-refractivity contribution < 1.29 is 14.3 Å². The van der Waals surface area contributed by atoms with E-state index < -0.39 is 0 Å². The monoisotopic (exact) mass is 275 g/mol. The Morgan fingerprint density at radius 1 is 1.25 bits per heavy atom. The number of unbranched alkanes of at least 4 members (excludes halogenated alkanes) is 1. The number of fused-ring (bicyclic) bond motifs is 1. The second-order valence-corrected chi connectivity index (χ2v) is 5.85. The molecule has 3 rings (SSSR count). The Morgan fingerprint density at radius 2 is 2.00 bits per heavy atom. The summed E-state index contributed by atoms with van der Waals surface area (Å²) >= 11 is 0. The molecule has 1 heterocycles.